The number of benzene rings is 4. The fourth-order valence-corrected chi connectivity index (χ4v) is 5.95. The Morgan fingerprint density at radius 3 is 2.25 bits per heavy atom. The van der Waals surface area contributed by atoms with Crippen molar-refractivity contribution < 1.29 is 29.4 Å². The number of ether oxygens (including phenoxy) is 2. The van der Waals surface area contributed by atoms with E-state index in [1.165, 1.54) is 5.56 Å². The van der Waals surface area contributed by atoms with Gasteiger partial charge in [0, 0.05) is 44.0 Å². The Labute approximate surface area is 282 Å². The zero-order valence-corrected chi connectivity index (χ0v) is 27.5. The van der Waals surface area contributed by atoms with Gasteiger partial charge >= 0.3 is 0 Å². The topological polar surface area (TPSA) is 120 Å². The van der Waals surface area contributed by atoms with E-state index < -0.39 is 12.2 Å². The van der Waals surface area contributed by atoms with Gasteiger partial charge < -0.3 is 19.9 Å². The molecule has 4 atom stereocenters. The number of aliphatic hydroxyl groups is 1. The monoisotopic (exact) mass is 651 g/mol. The number of carbonyl (C=O) groups excluding carboxylic acids is 2. The highest BCUT2D eigenvalue weighted by Gasteiger charge is 2.33. The first kappa shape index (κ1) is 34.9. The summed E-state index contributed by atoms with van der Waals surface area (Å²) in [5.74, 6) is -0.651. The molecule has 4 N–H and O–H groups in total. The molecule has 0 unspecified atom stereocenters. The van der Waals surface area contributed by atoms with Gasteiger partial charge in [0.1, 0.15) is 0 Å². The molecule has 1 fully saturated rings. The molecule has 4 aromatic rings. The first-order valence-corrected chi connectivity index (χ1v) is 16.5. The van der Waals surface area contributed by atoms with E-state index in [4.69, 9.17) is 14.7 Å². The number of nitrogens with zero attached hydrogens (tertiary/aromatic N) is 1. The van der Waals surface area contributed by atoms with Crippen LogP contribution in [0.4, 0.5) is 0 Å². The predicted molar refractivity (Wildman–Crippen MR) is 183 cm³/mol. The second-order valence-electron chi connectivity index (χ2n) is 12.4. The lowest BCUT2D eigenvalue weighted by Crippen LogP contribution is -2.38. The molecule has 1 saturated heterocycles. The van der Waals surface area contributed by atoms with Crippen LogP contribution in [0.2, 0.25) is 0 Å². The summed E-state index contributed by atoms with van der Waals surface area (Å²) in [5, 5.41) is 21.0. The zero-order chi connectivity index (χ0) is 33.9. The second-order valence-corrected chi connectivity index (χ2v) is 12.4. The molecule has 2 amide bonds. The summed E-state index contributed by atoms with van der Waals surface area (Å²) in [6.07, 6.45) is 0.584. The van der Waals surface area contributed by atoms with Gasteiger partial charge in [-0.3, -0.25) is 19.7 Å². The average Bonchev–Trinajstić information content (AvgIpc) is 3.14. The number of rotatable bonds is 14. The van der Waals surface area contributed by atoms with Gasteiger partial charge in [-0.15, -0.1) is 0 Å². The average molecular weight is 652 g/mol. The van der Waals surface area contributed by atoms with Gasteiger partial charge in [-0.25, -0.2) is 5.48 Å². The lowest BCUT2D eigenvalue weighted by atomic mass is 9.98. The standard InChI is InChI=1S/C39H45N3O6/c1-27(30-9-4-3-5-10-30)42(2)25-35-23-36(32-16-14-28(26-43)15-17-32)48-39(47-35)33-20-18-31(19-21-33)34-11-6-8-29(22-34)24-40-37(44)12-7-13-38(45)41-46/h3-6,8-11,14-22,27,35-36,39,43,46H,7,12-13,23-26H2,1-2H3,(H,40,44)(H,41,45)/t27-,35-,36+,39+/m0/s1. The highest BCUT2D eigenvalue weighted by atomic mass is 16.7. The molecule has 4 aromatic carbocycles. The summed E-state index contributed by atoms with van der Waals surface area (Å²) in [6, 6.07) is 34.8. The molecule has 252 valence electrons. The second kappa shape index (κ2) is 17.1. The van der Waals surface area contributed by atoms with E-state index >= 15 is 0 Å². The molecule has 9 heteroatoms. The lowest BCUT2D eigenvalue weighted by Gasteiger charge is -2.39. The van der Waals surface area contributed by atoms with Crippen LogP contribution in [0.15, 0.2) is 103 Å². The van der Waals surface area contributed by atoms with Gasteiger partial charge in [0.25, 0.3) is 0 Å². The number of aliphatic hydroxyl groups excluding tert-OH is 1. The largest absolute Gasteiger partial charge is 0.392 e. The third-order valence-electron chi connectivity index (χ3n) is 8.91. The highest BCUT2D eigenvalue weighted by Crippen LogP contribution is 2.39. The van der Waals surface area contributed by atoms with Crippen LogP contribution < -0.4 is 10.8 Å². The van der Waals surface area contributed by atoms with Gasteiger partial charge in [-0.05, 0) is 59.8 Å². The Morgan fingerprint density at radius 1 is 0.833 bits per heavy atom. The number of hydrogen-bond acceptors (Lipinski definition) is 7. The van der Waals surface area contributed by atoms with Crippen molar-refractivity contribution in [2.45, 2.75) is 70.3 Å². The summed E-state index contributed by atoms with van der Waals surface area (Å²) in [4.78, 5) is 25.7. The van der Waals surface area contributed by atoms with Crippen LogP contribution >= 0.6 is 0 Å². The third kappa shape index (κ3) is 9.59. The van der Waals surface area contributed by atoms with Crippen molar-refractivity contribution in [3.8, 4) is 11.1 Å². The van der Waals surface area contributed by atoms with Crippen molar-refractivity contribution >= 4 is 11.8 Å². The van der Waals surface area contributed by atoms with Crippen molar-refractivity contribution in [2.75, 3.05) is 13.6 Å². The van der Waals surface area contributed by atoms with Crippen LogP contribution in [0.25, 0.3) is 11.1 Å². The molecular formula is C39H45N3O6. The summed E-state index contributed by atoms with van der Waals surface area (Å²) < 4.78 is 13.2. The van der Waals surface area contributed by atoms with Gasteiger partial charge in [0.15, 0.2) is 6.29 Å². The Balaban J connectivity index is 1.26. The van der Waals surface area contributed by atoms with Crippen LogP contribution in [-0.4, -0.2) is 46.7 Å². The minimum atomic E-state index is -0.550. The minimum Gasteiger partial charge on any atom is -0.392 e. The first-order valence-electron chi connectivity index (χ1n) is 16.5. The molecule has 9 nitrogen and oxygen atoms in total. The number of hydrogen-bond donors (Lipinski definition) is 4. The summed E-state index contributed by atoms with van der Waals surface area (Å²) >= 11 is 0. The fourth-order valence-electron chi connectivity index (χ4n) is 5.95. The van der Waals surface area contributed by atoms with Gasteiger partial charge in [0.2, 0.25) is 11.8 Å². The van der Waals surface area contributed by atoms with Crippen molar-refractivity contribution in [1.82, 2.24) is 15.7 Å². The number of carbonyl (C=O) groups is 2. The van der Waals surface area contributed by atoms with E-state index in [2.05, 4.69) is 60.6 Å². The fraction of sp³-hybridized carbons (Fsp3) is 0.333. The van der Waals surface area contributed by atoms with Crippen molar-refractivity contribution in [1.29, 1.82) is 0 Å². The predicted octanol–water partition coefficient (Wildman–Crippen LogP) is 6.38. The molecule has 1 heterocycles. The Bertz CT molecular complexity index is 1610. The maximum atomic E-state index is 12.2. The molecule has 5 rings (SSSR count). The van der Waals surface area contributed by atoms with E-state index in [0.29, 0.717) is 19.4 Å². The van der Waals surface area contributed by atoms with Crippen molar-refractivity contribution in [3.63, 3.8) is 0 Å². The van der Waals surface area contributed by atoms with E-state index in [1.54, 1.807) is 5.48 Å². The normalized spacial score (nSPS) is 18.3. The molecule has 0 saturated carbocycles. The quantitative estimate of drug-likeness (QED) is 0.0923. The van der Waals surface area contributed by atoms with Gasteiger partial charge in [0.05, 0.1) is 18.8 Å². The molecule has 0 aromatic heterocycles. The number of nitrogens with one attached hydrogen (secondary N) is 2. The molecule has 0 radical (unpaired) electrons. The smallest absolute Gasteiger partial charge is 0.243 e. The van der Waals surface area contributed by atoms with Crippen LogP contribution in [0.5, 0.6) is 0 Å². The van der Waals surface area contributed by atoms with Gasteiger partial charge in [-0.1, -0.05) is 97.1 Å². The Hall–Kier alpha value is -4.38. The van der Waals surface area contributed by atoms with Crippen molar-refractivity contribution in [3.05, 3.63) is 131 Å². The molecule has 48 heavy (non-hydrogen) atoms. The molecule has 0 aliphatic carbocycles. The summed E-state index contributed by atoms with van der Waals surface area (Å²) in [7, 11) is 2.13. The van der Waals surface area contributed by atoms with E-state index in [1.807, 2.05) is 66.7 Å². The number of likely N-dealkylation sites (N-methyl/N-ethyl adjacent to an activating group) is 1. The minimum absolute atomic E-state index is 0.000378. The molecule has 1 aliphatic heterocycles. The molecule has 0 spiro atoms. The molecule has 1 aliphatic rings. The maximum Gasteiger partial charge on any atom is 0.243 e. The molecule has 0 bridgehead atoms. The lowest BCUT2D eigenvalue weighted by molar-refractivity contribution is -0.253. The summed E-state index contributed by atoms with van der Waals surface area (Å²) in [6.45, 7) is 3.32. The van der Waals surface area contributed by atoms with Crippen molar-refractivity contribution in [2.24, 2.45) is 0 Å². The number of amides is 2. The number of hydroxylamine groups is 1. The first-order chi connectivity index (χ1) is 23.3. The SMILES string of the molecule is C[C@@H](c1ccccc1)N(C)C[C@@H]1C[C@H](c2ccc(CO)cc2)O[C@H](c2ccc(-c3cccc(CNC(=O)CCCC(=O)NO)c3)cc2)O1. The van der Waals surface area contributed by atoms with E-state index in [0.717, 1.165) is 39.9 Å². The third-order valence-corrected chi connectivity index (χ3v) is 8.91. The van der Waals surface area contributed by atoms with E-state index in [9.17, 15) is 14.7 Å². The van der Waals surface area contributed by atoms with Crippen LogP contribution in [0, 0.1) is 0 Å². The zero-order valence-electron chi connectivity index (χ0n) is 27.5. The van der Waals surface area contributed by atoms with Crippen LogP contribution in [0.1, 0.15) is 78.9 Å². The highest BCUT2D eigenvalue weighted by molar-refractivity contribution is 5.78. The van der Waals surface area contributed by atoms with Gasteiger partial charge in [-0.2, -0.15) is 0 Å². The molecular weight excluding hydrogens is 606 g/mol. The Morgan fingerprint density at radius 2 is 1.54 bits per heavy atom. The van der Waals surface area contributed by atoms with Crippen LogP contribution in [-0.2, 0) is 32.2 Å². The maximum absolute atomic E-state index is 12.2. The summed E-state index contributed by atoms with van der Waals surface area (Å²) in [5.41, 5.74) is 8.69. The van der Waals surface area contributed by atoms with Crippen LogP contribution in [0.3, 0.4) is 0 Å². The Kier molecular flexibility index (Phi) is 12.5. The van der Waals surface area contributed by atoms with E-state index in [-0.39, 0.29) is 43.6 Å².